The average molecular weight is 625 g/mol. The highest BCUT2D eigenvalue weighted by Gasteiger charge is 2.38. The SMILES string of the molecule is CCn1cc(OC(=O)Nc2ccc(Oc3cc(N4CCC(F)(F)C4)cn4nccc34)c(F)c2)c(=O)n(-c2ccc(F)cc2)c1=O. The monoisotopic (exact) mass is 624 g/mol. The van der Waals surface area contributed by atoms with Gasteiger partial charge in [-0.15, -0.1) is 0 Å². The first-order chi connectivity index (χ1) is 21.5. The van der Waals surface area contributed by atoms with Crippen molar-refractivity contribution in [3.05, 3.63) is 106 Å². The van der Waals surface area contributed by atoms with Crippen molar-refractivity contribution in [2.75, 3.05) is 23.3 Å². The Morgan fingerprint density at radius 1 is 0.978 bits per heavy atom. The number of aromatic nitrogens is 4. The molecule has 0 radical (unpaired) electrons. The first kappa shape index (κ1) is 29.5. The fourth-order valence-electron chi connectivity index (χ4n) is 4.91. The minimum Gasteiger partial charge on any atom is -0.452 e. The number of ether oxygens (including phenoxy) is 2. The number of carbonyl (C=O) groups is 1. The van der Waals surface area contributed by atoms with Crippen molar-refractivity contribution < 1.29 is 31.8 Å². The van der Waals surface area contributed by atoms with Gasteiger partial charge in [-0.3, -0.25) is 14.7 Å². The van der Waals surface area contributed by atoms with Gasteiger partial charge in [-0.2, -0.15) is 5.10 Å². The van der Waals surface area contributed by atoms with E-state index in [1.54, 1.807) is 19.2 Å². The predicted molar refractivity (Wildman–Crippen MR) is 155 cm³/mol. The number of fused-ring (bicyclic) bond motifs is 1. The van der Waals surface area contributed by atoms with Gasteiger partial charge in [-0.1, -0.05) is 0 Å². The summed E-state index contributed by atoms with van der Waals surface area (Å²) in [5.74, 6) is -4.83. The number of nitrogens with zero attached hydrogens (tertiary/aromatic N) is 5. The van der Waals surface area contributed by atoms with E-state index in [1.165, 1.54) is 45.9 Å². The van der Waals surface area contributed by atoms with Gasteiger partial charge in [0, 0.05) is 37.3 Å². The Hall–Kier alpha value is -5.60. The number of carbonyl (C=O) groups excluding carboxylic acids is 1. The second-order valence-corrected chi connectivity index (χ2v) is 10.2. The van der Waals surface area contributed by atoms with E-state index >= 15 is 4.39 Å². The van der Waals surface area contributed by atoms with Crippen LogP contribution in [0.25, 0.3) is 11.2 Å². The highest BCUT2D eigenvalue weighted by atomic mass is 19.3. The zero-order valence-corrected chi connectivity index (χ0v) is 23.5. The summed E-state index contributed by atoms with van der Waals surface area (Å²) in [5.41, 5.74) is -0.782. The number of benzene rings is 2. The van der Waals surface area contributed by atoms with Crippen molar-refractivity contribution in [2.45, 2.75) is 25.8 Å². The zero-order valence-electron chi connectivity index (χ0n) is 23.5. The Kier molecular flexibility index (Phi) is 7.52. The van der Waals surface area contributed by atoms with Crippen molar-refractivity contribution in [1.82, 2.24) is 18.7 Å². The molecule has 6 rings (SSSR count). The summed E-state index contributed by atoms with van der Waals surface area (Å²) >= 11 is 0. The number of hydrogen-bond donors (Lipinski definition) is 1. The van der Waals surface area contributed by atoms with E-state index in [2.05, 4.69) is 10.4 Å². The van der Waals surface area contributed by atoms with Crippen molar-refractivity contribution in [1.29, 1.82) is 0 Å². The van der Waals surface area contributed by atoms with Gasteiger partial charge in [-0.25, -0.2) is 36.2 Å². The Bertz CT molecular complexity index is 2040. The molecule has 0 atom stereocenters. The lowest BCUT2D eigenvalue weighted by Gasteiger charge is -2.20. The Balaban J connectivity index is 1.21. The molecule has 1 N–H and O–H groups in total. The second-order valence-electron chi connectivity index (χ2n) is 10.2. The lowest BCUT2D eigenvalue weighted by Crippen LogP contribution is -2.39. The normalized spacial score (nSPS) is 14.1. The predicted octanol–water partition coefficient (Wildman–Crippen LogP) is 5.19. The number of halogens is 4. The van der Waals surface area contributed by atoms with E-state index in [9.17, 15) is 27.6 Å². The fourth-order valence-corrected chi connectivity index (χ4v) is 4.91. The van der Waals surface area contributed by atoms with Crippen molar-refractivity contribution in [3.8, 4) is 22.9 Å². The van der Waals surface area contributed by atoms with Crippen LogP contribution in [0.2, 0.25) is 0 Å². The van der Waals surface area contributed by atoms with E-state index in [0.717, 1.165) is 33.5 Å². The van der Waals surface area contributed by atoms with E-state index in [1.807, 2.05) is 0 Å². The molecule has 45 heavy (non-hydrogen) atoms. The molecule has 232 valence electrons. The third kappa shape index (κ3) is 5.96. The summed E-state index contributed by atoms with van der Waals surface area (Å²) in [5, 5.41) is 6.46. The van der Waals surface area contributed by atoms with Gasteiger partial charge in [-0.05, 0) is 49.4 Å². The van der Waals surface area contributed by atoms with Crippen LogP contribution in [-0.2, 0) is 6.54 Å². The lowest BCUT2D eigenvalue weighted by molar-refractivity contribution is 0.0257. The molecule has 0 spiro atoms. The maximum Gasteiger partial charge on any atom is 0.417 e. The van der Waals surface area contributed by atoms with E-state index < -0.39 is 47.2 Å². The van der Waals surface area contributed by atoms with Gasteiger partial charge in [0.25, 0.3) is 5.92 Å². The van der Waals surface area contributed by atoms with E-state index in [4.69, 9.17) is 9.47 Å². The van der Waals surface area contributed by atoms with Crippen LogP contribution >= 0.6 is 0 Å². The summed E-state index contributed by atoms with van der Waals surface area (Å²) in [6.07, 6.45) is 2.69. The third-order valence-corrected chi connectivity index (χ3v) is 7.14. The van der Waals surface area contributed by atoms with Gasteiger partial charge in [0.15, 0.2) is 17.3 Å². The van der Waals surface area contributed by atoms with Gasteiger partial charge in [0.1, 0.15) is 11.3 Å². The number of alkyl halides is 2. The number of rotatable bonds is 7. The molecule has 1 fully saturated rings. The van der Waals surface area contributed by atoms with E-state index in [-0.39, 0.29) is 42.4 Å². The molecule has 11 nitrogen and oxygen atoms in total. The molecule has 15 heteroatoms. The second kappa shape index (κ2) is 11.5. The molecule has 1 amide bonds. The molecular weight excluding hydrogens is 600 g/mol. The summed E-state index contributed by atoms with van der Waals surface area (Å²) in [4.78, 5) is 40.0. The topological polar surface area (TPSA) is 112 Å². The Morgan fingerprint density at radius 3 is 2.44 bits per heavy atom. The lowest BCUT2D eigenvalue weighted by atomic mass is 10.2. The van der Waals surface area contributed by atoms with Crippen molar-refractivity contribution in [3.63, 3.8) is 0 Å². The van der Waals surface area contributed by atoms with Crippen LogP contribution in [0.3, 0.4) is 0 Å². The molecule has 1 aliphatic heterocycles. The van der Waals surface area contributed by atoms with Gasteiger partial charge >= 0.3 is 17.3 Å². The van der Waals surface area contributed by atoms with Crippen LogP contribution in [0, 0.1) is 11.6 Å². The first-order valence-corrected chi connectivity index (χ1v) is 13.7. The van der Waals surface area contributed by atoms with E-state index in [0.29, 0.717) is 11.2 Å². The van der Waals surface area contributed by atoms with Crippen LogP contribution < -0.4 is 30.9 Å². The quantitative estimate of drug-likeness (QED) is 0.248. The molecule has 1 aliphatic rings. The van der Waals surface area contributed by atoms with Gasteiger partial charge in [0.05, 0.1) is 36.5 Å². The molecule has 4 heterocycles. The number of aryl methyl sites for hydroxylation is 1. The van der Waals surface area contributed by atoms with Crippen LogP contribution in [0.5, 0.6) is 17.2 Å². The Morgan fingerprint density at radius 2 is 1.76 bits per heavy atom. The summed E-state index contributed by atoms with van der Waals surface area (Å²) in [6.45, 7) is 1.42. The molecule has 0 saturated carbocycles. The Labute approximate surface area is 251 Å². The first-order valence-electron chi connectivity index (χ1n) is 13.7. The molecule has 3 aromatic heterocycles. The van der Waals surface area contributed by atoms with Crippen LogP contribution in [0.4, 0.5) is 33.7 Å². The van der Waals surface area contributed by atoms with Gasteiger partial charge < -0.3 is 14.4 Å². The summed E-state index contributed by atoms with van der Waals surface area (Å²) in [6, 6.07) is 11.3. The minimum atomic E-state index is -2.83. The number of pyridine rings is 1. The smallest absolute Gasteiger partial charge is 0.417 e. The van der Waals surface area contributed by atoms with Crippen molar-refractivity contribution in [2.24, 2.45) is 0 Å². The molecule has 5 aromatic rings. The van der Waals surface area contributed by atoms with Crippen LogP contribution in [0.15, 0.2) is 82.8 Å². The van der Waals surface area contributed by atoms with Gasteiger partial charge in [0.2, 0.25) is 5.75 Å². The molecule has 2 aromatic carbocycles. The zero-order chi connectivity index (χ0) is 31.9. The molecule has 0 unspecified atom stereocenters. The maximum atomic E-state index is 15.2. The minimum absolute atomic E-state index is 0.0462. The number of nitrogens with one attached hydrogen (secondary N) is 1. The van der Waals surface area contributed by atoms with Crippen molar-refractivity contribution >= 4 is 23.0 Å². The standard InChI is InChI=1S/C30H24F4N6O5/c1-2-37-16-26(27(41)40(29(37)43)20-6-3-18(31)4-7-20)45-28(42)36-19-5-8-24(22(32)13-19)44-25-14-21(15-39-23(25)9-11-35-39)38-12-10-30(33,34)17-38/h3-9,11,13-16H,2,10,12,17H2,1H3,(H,36,42). The highest BCUT2D eigenvalue weighted by molar-refractivity contribution is 5.86. The molecular formula is C30H24F4N6O5. The third-order valence-electron chi connectivity index (χ3n) is 7.14. The maximum absolute atomic E-state index is 15.2. The summed E-state index contributed by atoms with van der Waals surface area (Å²) < 4.78 is 70.5. The van der Waals surface area contributed by atoms with Crippen LogP contribution in [0.1, 0.15) is 13.3 Å². The molecule has 1 saturated heterocycles. The number of hydrogen-bond acceptors (Lipinski definition) is 7. The molecule has 0 aliphatic carbocycles. The van der Waals surface area contributed by atoms with Crippen LogP contribution in [-0.4, -0.2) is 43.9 Å². The summed E-state index contributed by atoms with van der Waals surface area (Å²) in [7, 11) is 0. The largest absolute Gasteiger partial charge is 0.452 e. The number of anilines is 2. The highest BCUT2D eigenvalue weighted by Crippen LogP contribution is 2.36. The fraction of sp³-hybridized carbons (Fsp3) is 0.200. The average Bonchev–Trinajstić information content (AvgIpc) is 3.63. The molecule has 0 bridgehead atoms. The number of amides is 1.